The first-order chi connectivity index (χ1) is 16.3. The molecule has 3 aromatic rings. The molecule has 2 aliphatic heterocycles. The number of amides is 1. The molecule has 7 nitrogen and oxygen atoms in total. The van der Waals surface area contributed by atoms with Gasteiger partial charge < -0.3 is 19.9 Å². The van der Waals surface area contributed by atoms with Crippen LogP contribution in [0.25, 0.3) is 0 Å². The summed E-state index contributed by atoms with van der Waals surface area (Å²) in [7, 11) is 0. The Labute approximate surface area is 195 Å². The molecule has 1 spiro atoms. The number of benzene rings is 2. The summed E-state index contributed by atoms with van der Waals surface area (Å²) in [5.74, 6) is -1.00. The number of hydrogen-bond acceptors (Lipinski definition) is 5. The van der Waals surface area contributed by atoms with Gasteiger partial charge in [-0.15, -0.1) is 0 Å². The van der Waals surface area contributed by atoms with Crippen LogP contribution in [0.5, 0.6) is 5.75 Å². The summed E-state index contributed by atoms with van der Waals surface area (Å²) in [6, 6.07) is 16.6. The molecule has 170 valence electrons. The molecule has 5 rings (SSSR count). The average Bonchev–Trinajstić information content (AvgIpc) is 3.03. The Kier molecular flexibility index (Phi) is 4.79. The predicted molar refractivity (Wildman–Crippen MR) is 123 cm³/mol. The van der Waals surface area contributed by atoms with Gasteiger partial charge in [0.05, 0.1) is 12.1 Å². The zero-order chi connectivity index (χ0) is 24.2. The van der Waals surface area contributed by atoms with Crippen LogP contribution in [0.3, 0.4) is 0 Å². The van der Waals surface area contributed by atoms with Crippen LogP contribution in [-0.2, 0) is 23.3 Å². The average molecular weight is 456 g/mol. The monoisotopic (exact) mass is 456 g/mol. The maximum atomic E-state index is 14.3. The molecule has 0 saturated heterocycles. The van der Waals surface area contributed by atoms with Gasteiger partial charge >= 0.3 is 0 Å². The van der Waals surface area contributed by atoms with Crippen molar-refractivity contribution in [3.8, 4) is 11.8 Å². The predicted octanol–water partition coefficient (Wildman–Crippen LogP) is 3.23. The van der Waals surface area contributed by atoms with Gasteiger partial charge in [-0.05, 0) is 37.6 Å². The lowest BCUT2D eigenvalue weighted by atomic mass is 9.69. The molecule has 1 unspecified atom stereocenters. The van der Waals surface area contributed by atoms with E-state index >= 15 is 0 Å². The zero-order valence-electron chi connectivity index (χ0n) is 18.6. The van der Waals surface area contributed by atoms with Crippen molar-refractivity contribution >= 4 is 11.6 Å². The maximum absolute atomic E-state index is 14.3. The van der Waals surface area contributed by atoms with Gasteiger partial charge in [0.25, 0.3) is 5.56 Å². The summed E-state index contributed by atoms with van der Waals surface area (Å²) >= 11 is 0. The van der Waals surface area contributed by atoms with E-state index in [1.807, 2.05) is 13.0 Å². The van der Waals surface area contributed by atoms with Crippen molar-refractivity contribution < 1.29 is 13.9 Å². The molecule has 2 aliphatic rings. The van der Waals surface area contributed by atoms with E-state index in [-0.39, 0.29) is 29.3 Å². The van der Waals surface area contributed by atoms with Crippen molar-refractivity contribution in [3.05, 3.63) is 105 Å². The van der Waals surface area contributed by atoms with Crippen molar-refractivity contribution in [2.45, 2.75) is 32.4 Å². The second kappa shape index (κ2) is 7.59. The second-order valence-corrected chi connectivity index (χ2v) is 8.32. The summed E-state index contributed by atoms with van der Waals surface area (Å²) in [6.07, 6.45) is 0. The number of fused-ring (bicyclic) bond motifs is 4. The highest BCUT2D eigenvalue weighted by Gasteiger charge is 2.60. The molecule has 0 radical (unpaired) electrons. The first-order valence-corrected chi connectivity index (χ1v) is 10.8. The number of aromatic nitrogens is 1. The fourth-order valence-electron chi connectivity index (χ4n) is 5.09. The number of ether oxygens (including phenoxy) is 1. The van der Waals surface area contributed by atoms with E-state index in [1.165, 1.54) is 21.6 Å². The molecule has 8 heteroatoms. The fraction of sp³-hybridized carbons (Fsp3) is 0.192. The van der Waals surface area contributed by atoms with Gasteiger partial charge in [-0.2, -0.15) is 5.26 Å². The number of rotatable bonds is 3. The molecule has 1 atom stereocenters. The van der Waals surface area contributed by atoms with Gasteiger partial charge in [-0.25, -0.2) is 4.39 Å². The molecule has 0 saturated carbocycles. The van der Waals surface area contributed by atoms with E-state index in [4.69, 9.17) is 10.5 Å². The number of hydrogen-bond donors (Lipinski definition) is 1. The van der Waals surface area contributed by atoms with Crippen LogP contribution in [0.1, 0.15) is 29.3 Å². The zero-order valence-corrected chi connectivity index (χ0v) is 18.6. The lowest BCUT2D eigenvalue weighted by Crippen LogP contribution is -2.49. The van der Waals surface area contributed by atoms with Crippen molar-refractivity contribution in [2.75, 3.05) is 4.90 Å². The minimum atomic E-state index is -1.77. The molecule has 0 bridgehead atoms. The third kappa shape index (κ3) is 2.73. The smallest absolute Gasteiger partial charge is 0.259 e. The van der Waals surface area contributed by atoms with Crippen LogP contribution in [0, 0.1) is 24.1 Å². The van der Waals surface area contributed by atoms with Crippen LogP contribution in [0.4, 0.5) is 10.1 Å². The Morgan fingerprint density at radius 1 is 1.15 bits per heavy atom. The Morgan fingerprint density at radius 2 is 1.91 bits per heavy atom. The minimum absolute atomic E-state index is 0.0536. The van der Waals surface area contributed by atoms with Crippen LogP contribution in [0.15, 0.2) is 70.8 Å². The summed E-state index contributed by atoms with van der Waals surface area (Å²) in [4.78, 5) is 29.6. The third-order valence-electron chi connectivity index (χ3n) is 6.51. The molecular formula is C26H21FN4O3. The van der Waals surface area contributed by atoms with Gasteiger partial charge in [0.2, 0.25) is 11.8 Å². The summed E-state index contributed by atoms with van der Waals surface area (Å²) in [6.45, 7) is 4.02. The first-order valence-electron chi connectivity index (χ1n) is 10.8. The molecule has 3 heterocycles. The number of carbonyl (C=O) groups is 1. The number of nitrogens with two attached hydrogens (primary N) is 1. The highest BCUT2D eigenvalue weighted by Crippen LogP contribution is 2.54. The number of nitrogens with zero attached hydrogens (tertiary/aromatic N) is 3. The largest absolute Gasteiger partial charge is 0.440 e. The fourth-order valence-corrected chi connectivity index (χ4v) is 5.09. The topological polar surface area (TPSA) is 101 Å². The van der Waals surface area contributed by atoms with Crippen LogP contribution in [0.2, 0.25) is 0 Å². The standard InChI is InChI=1S/C26H21FN4O3/c1-3-30-15(2)11-21-22(24(30)32)26(19(13-28)23(29)34-21)18-9-4-5-10-20(18)31(25(26)33)14-16-7-6-8-17(27)12-16/h4-12H,3,14,29H2,1-2H3. The number of aryl methyl sites for hydroxylation is 1. The molecule has 1 aromatic heterocycles. The van der Waals surface area contributed by atoms with Crippen molar-refractivity contribution in [3.63, 3.8) is 0 Å². The highest BCUT2D eigenvalue weighted by molar-refractivity contribution is 6.14. The van der Waals surface area contributed by atoms with Gasteiger partial charge in [-0.3, -0.25) is 9.59 Å². The number of pyridine rings is 1. The second-order valence-electron chi connectivity index (χ2n) is 8.32. The Bertz CT molecular complexity index is 1500. The van der Waals surface area contributed by atoms with E-state index in [2.05, 4.69) is 0 Å². The Hall–Kier alpha value is -4.38. The number of para-hydroxylation sites is 1. The van der Waals surface area contributed by atoms with E-state index in [1.54, 1.807) is 49.4 Å². The molecular weight excluding hydrogens is 435 g/mol. The lowest BCUT2D eigenvalue weighted by molar-refractivity contribution is -0.121. The molecule has 1 amide bonds. The lowest BCUT2D eigenvalue weighted by Gasteiger charge is -2.34. The Balaban J connectivity index is 1.85. The normalized spacial score (nSPS) is 18.5. The van der Waals surface area contributed by atoms with E-state index in [0.29, 0.717) is 29.1 Å². The minimum Gasteiger partial charge on any atom is -0.440 e. The van der Waals surface area contributed by atoms with Crippen molar-refractivity contribution in [2.24, 2.45) is 5.73 Å². The quantitative estimate of drug-likeness (QED) is 0.652. The van der Waals surface area contributed by atoms with Crippen molar-refractivity contribution in [1.29, 1.82) is 5.26 Å². The highest BCUT2D eigenvalue weighted by atomic mass is 19.1. The van der Waals surface area contributed by atoms with Gasteiger partial charge in [0, 0.05) is 29.6 Å². The summed E-state index contributed by atoms with van der Waals surface area (Å²) in [5.41, 5.74) is 6.10. The van der Waals surface area contributed by atoms with Crippen LogP contribution in [-0.4, -0.2) is 10.5 Å². The number of halogens is 1. The molecule has 34 heavy (non-hydrogen) atoms. The van der Waals surface area contributed by atoms with Gasteiger partial charge in [0.1, 0.15) is 23.2 Å². The van der Waals surface area contributed by atoms with Gasteiger partial charge in [-0.1, -0.05) is 30.3 Å². The van der Waals surface area contributed by atoms with E-state index < -0.39 is 22.7 Å². The first kappa shape index (κ1) is 21.5. The van der Waals surface area contributed by atoms with Crippen molar-refractivity contribution in [1.82, 2.24) is 4.57 Å². The van der Waals surface area contributed by atoms with E-state index in [0.717, 1.165) is 0 Å². The number of carbonyl (C=O) groups excluding carboxylic acids is 1. The molecule has 2 N–H and O–H groups in total. The van der Waals surface area contributed by atoms with Gasteiger partial charge in [0.15, 0.2) is 5.41 Å². The number of anilines is 1. The maximum Gasteiger partial charge on any atom is 0.259 e. The molecule has 0 aliphatic carbocycles. The molecule has 0 fully saturated rings. The SMILES string of the molecule is CCn1c(C)cc2c(c1=O)C1(C(=O)N(Cc3cccc(F)c3)c3ccccc31)C(C#N)=C(N)O2. The van der Waals surface area contributed by atoms with E-state index in [9.17, 15) is 19.2 Å². The third-order valence-corrected chi connectivity index (χ3v) is 6.51. The Morgan fingerprint density at radius 3 is 2.62 bits per heavy atom. The summed E-state index contributed by atoms with van der Waals surface area (Å²) in [5, 5.41) is 10.1. The van der Waals surface area contributed by atoms with Crippen LogP contribution < -0.4 is 20.9 Å². The number of nitriles is 1. The van der Waals surface area contributed by atoms with Crippen LogP contribution >= 0.6 is 0 Å². The summed E-state index contributed by atoms with van der Waals surface area (Å²) < 4.78 is 21.1. The molecule has 2 aromatic carbocycles.